The summed E-state index contributed by atoms with van der Waals surface area (Å²) in [6, 6.07) is 16.4. The highest BCUT2D eigenvalue weighted by atomic mass is 79.9. The Hall–Kier alpha value is -1.52. The maximum Gasteiger partial charge on any atom is 0.119 e. The molecule has 2 aromatic rings. The third kappa shape index (κ3) is 5.78. The number of halogens is 1. The normalized spacial score (nSPS) is 10.7. The molecule has 0 amide bonds. The van der Waals surface area contributed by atoms with E-state index in [1.165, 1.54) is 5.56 Å². The zero-order valence-corrected chi connectivity index (χ0v) is 14.1. The molecular formula is C17H21BrN2O. The molecule has 0 saturated carbocycles. The molecule has 2 rings (SSSR count). The molecule has 3 nitrogen and oxygen atoms in total. The fourth-order valence-corrected chi connectivity index (χ4v) is 2.31. The SMILES string of the molecule is CN(C)CCOc1ccc(NCc2cccc(Br)c2)cc1. The predicted molar refractivity (Wildman–Crippen MR) is 92.0 cm³/mol. The molecule has 4 heteroatoms. The van der Waals surface area contributed by atoms with Crippen molar-refractivity contribution in [1.82, 2.24) is 4.90 Å². The molecule has 0 atom stereocenters. The summed E-state index contributed by atoms with van der Waals surface area (Å²) < 4.78 is 6.78. The Labute approximate surface area is 135 Å². The molecule has 1 N–H and O–H groups in total. The van der Waals surface area contributed by atoms with Crippen LogP contribution in [-0.4, -0.2) is 32.1 Å². The number of ether oxygens (including phenoxy) is 1. The van der Waals surface area contributed by atoms with Crippen LogP contribution in [0.4, 0.5) is 5.69 Å². The van der Waals surface area contributed by atoms with Gasteiger partial charge in [0.05, 0.1) is 0 Å². The summed E-state index contributed by atoms with van der Waals surface area (Å²) in [4.78, 5) is 2.11. The van der Waals surface area contributed by atoms with E-state index in [4.69, 9.17) is 4.74 Å². The third-order valence-corrected chi connectivity index (χ3v) is 3.54. The van der Waals surface area contributed by atoms with Crippen molar-refractivity contribution in [2.75, 3.05) is 32.6 Å². The quantitative estimate of drug-likeness (QED) is 0.818. The Morgan fingerprint density at radius 1 is 1.10 bits per heavy atom. The lowest BCUT2D eigenvalue weighted by molar-refractivity contribution is 0.261. The summed E-state index contributed by atoms with van der Waals surface area (Å²) in [7, 11) is 4.08. The van der Waals surface area contributed by atoms with E-state index >= 15 is 0 Å². The van der Waals surface area contributed by atoms with Crippen LogP contribution >= 0.6 is 15.9 Å². The van der Waals surface area contributed by atoms with Crippen LogP contribution < -0.4 is 10.1 Å². The van der Waals surface area contributed by atoms with E-state index < -0.39 is 0 Å². The van der Waals surface area contributed by atoms with Gasteiger partial charge in [0, 0.05) is 23.2 Å². The monoisotopic (exact) mass is 348 g/mol. The van der Waals surface area contributed by atoms with E-state index in [-0.39, 0.29) is 0 Å². The van der Waals surface area contributed by atoms with Crippen molar-refractivity contribution in [1.29, 1.82) is 0 Å². The average Bonchev–Trinajstić information content (AvgIpc) is 2.46. The highest BCUT2D eigenvalue weighted by Gasteiger charge is 1.98. The Morgan fingerprint density at radius 3 is 2.52 bits per heavy atom. The van der Waals surface area contributed by atoms with E-state index in [0.717, 1.165) is 29.0 Å². The largest absolute Gasteiger partial charge is 0.492 e. The Kier molecular flexibility index (Phi) is 6.08. The maximum absolute atomic E-state index is 5.67. The highest BCUT2D eigenvalue weighted by Crippen LogP contribution is 2.17. The molecule has 0 aliphatic heterocycles. The first kappa shape index (κ1) is 15.9. The number of benzene rings is 2. The summed E-state index contributed by atoms with van der Waals surface area (Å²) in [6.07, 6.45) is 0. The van der Waals surface area contributed by atoms with Crippen LogP contribution in [0.25, 0.3) is 0 Å². The Bertz CT molecular complexity index is 555. The van der Waals surface area contributed by atoms with Crippen molar-refractivity contribution in [3.63, 3.8) is 0 Å². The molecule has 0 saturated heterocycles. The molecule has 0 aliphatic rings. The zero-order valence-electron chi connectivity index (χ0n) is 12.5. The second-order valence-electron chi connectivity index (χ2n) is 5.16. The lowest BCUT2D eigenvalue weighted by Crippen LogP contribution is -2.19. The summed E-state index contributed by atoms with van der Waals surface area (Å²) in [6.45, 7) is 2.43. The first-order valence-electron chi connectivity index (χ1n) is 6.99. The van der Waals surface area contributed by atoms with E-state index in [2.05, 4.69) is 38.3 Å². The van der Waals surface area contributed by atoms with Crippen molar-refractivity contribution in [2.45, 2.75) is 6.54 Å². The van der Waals surface area contributed by atoms with E-state index in [1.807, 2.05) is 50.5 Å². The summed E-state index contributed by atoms with van der Waals surface area (Å²) in [5, 5.41) is 3.41. The second kappa shape index (κ2) is 8.05. The highest BCUT2D eigenvalue weighted by molar-refractivity contribution is 9.10. The van der Waals surface area contributed by atoms with Gasteiger partial charge >= 0.3 is 0 Å². The molecular weight excluding hydrogens is 328 g/mol. The molecule has 2 aromatic carbocycles. The molecule has 0 aromatic heterocycles. The number of hydrogen-bond acceptors (Lipinski definition) is 3. The van der Waals surface area contributed by atoms with Gasteiger partial charge < -0.3 is 15.0 Å². The van der Waals surface area contributed by atoms with Gasteiger partial charge in [-0.2, -0.15) is 0 Å². The van der Waals surface area contributed by atoms with Gasteiger partial charge in [0.1, 0.15) is 12.4 Å². The second-order valence-corrected chi connectivity index (χ2v) is 6.08. The van der Waals surface area contributed by atoms with Gasteiger partial charge in [-0.1, -0.05) is 28.1 Å². The first-order chi connectivity index (χ1) is 10.1. The molecule has 0 unspecified atom stereocenters. The smallest absolute Gasteiger partial charge is 0.119 e. The number of nitrogens with zero attached hydrogens (tertiary/aromatic N) is 1. The van der Waals surface area contributed by atoms with Crippen molar-refractivity contribution in [3.05, 3.63) is 58.6 Å². The average molecular weight is 349 g/mol. The Morgan fingerprint density at radius 2 is 1.86 bits per heavy atom. The third-order valence-electron chi connectivity index (χ3n) is 3.05. The number of rotatable bonds is 7. The fraction of sp³-hybridized carbons (Fsp3) is 0.294. The molecule has 0 aliphatic carbocycles. The van der Waals surface area contributed by atoms with E-state index in [9.17, 15) is 0 Å². The van der Waals surface area contributed by atoms with Gasteiger partial charge in [-0.3, -0.25) is 0 Å². The molecule has 0 heterocycles. The molecule has 0 radical (unpaired) electrons. The van der Waals surface area contributed by atoms with Crippen LogP contribution in [0.15, 0.2) is 53.0 Å². The lowest BCUT2D eigenvalue weighted by Gasteiger charge is -2.12. The number of likely N-dealkylation sites (N-methyl/N-ethyl adjacent to an activating group) is 1. The van der Waals surface area contributed by atoms with Gasteiger partial charge in [-0.05, 0) is 56.1 Å². The minimum atomic E-state index is 0.706. The fourth-order valence-electron chi connectivity index (χ4n) is 1.87. The standard InChI is InChI=1S/C17H21BrN2O/c1-20(2)10-11-21-17-8-6-16(7-9-17)19-13-14-4-3-5-15(18)12-14/h3-9,12,19H,10-11,13H2,1-2H3. The van der Waals surface area contributed by atoms with Crippen molar-refractivity contribution in [3.8, 4) is 5.75 Å². The zero-order chi connectivity index (χ0) is 15.1. The minimum absolute atomic E-state index is 0.706. The van der Waals surface area contributed by atoms with Crippen LogP contribution in [0.3, 0.4) is 0 Å². The van der Waals surface area contributed by atoms with Gasteiger partial charge in [-0.15, -0.1) is 0 Å². The molecule has 0 bridgehead atoms. The summed E-state index contributed by atoms with van der Waals surface area (Å²) in [5.74, 6) is 0.907. The Balaban J connectivity index is 1.82. The van der Waals surface area contributed by atoms with Crippen LogP contribution in [-0.2, 0) is 6.54 Å². The molecule has 0 fully saturated rings. The topological polar surface area (TPSA) is 24.5 Å². The first-order valence-corrected chi connectivity index (χ1v) is 7.79. The lowest BCUT2D eigenvalue weighted by atomic mass is 10.2. The van der Waals surface area contributed by atoms with Gasteiger partial charge in [-0.25, -0.2) is 0 Å². The van der Waals surface area contributed by atoms with Gasteiger partial charge in [0.2, 0.25) is 0 Å². The molecule has 112 valence electrons. The number of nitrogens with one attached hydrogen (secondary N) is 1. The van der Waals surface area contributed by atoms with Gasteiger partial charge in [0.25, 0.3) is 0 Å². The molecule has 0 spiro atoms. The molecule has 21 heavy (non-hydrogen) atoms. The number of anilines is 1. The van der Waals surface area contributed by atoms with Crippen molar-refractivity contribution < 1.29 is 4.74 Å². The van der Waals surface area contributed by atoms with Crippen molar-refractivity contribution in [2.24, 2.45) is 0 Å². The van der Waals surface area contributed by atoms with Crippen LogP contribution in [0, 0.1) is 0 Å². The van der Waals surface area contributed by atoms with E-state index in [1.54, 1.807) is 0 Å². The van der Waals surface area contributed by atoms with Crippen molar-refractivity contribution >= 4 is 21.6 Å². The van der Waals surface area contributed by atoms with Crippen LogP contribution in [0.2, 0.25) is 0 Å². The number of hydrogen-bond donors (Lipinski definition) is 1. The minimum Gasteiger partial charge on any atom is -0.492 e. The summed E-state index contributed by atoms with van der Waals surface area (Å²) in [5.41, 5.74) is 2.34. The summed E-state index contributed by atoms with van der Waals surface area (Å²) >= 11 is 3.48. The predicted octanol–water partition coefficient (Wildman–Crippen LogP) is 4.00. The maximum atomic E-state index is 5.67. The van der Waals surface area contributed by atoms with Crippen LogP contribution in [0.1, 0.15) is 5.56 Å². The van der Waals surface area contributed by atoms with Gasteiger partial charge in [0.15, 0.2) is 0 Å². The van der Waals surface area contributed by atoms with Crippen LogP contribution in [0.5, 0.6) is 5.75 Å². The van der Waals surface area contributed by atoms with E-state index in [0.29, 0.717) is 6.61 Å².